The lowest BCUT2D eigenvalue weighted by Gasteiger charge is -2.02. The first kappa shape index (κ1) is 18.2. The van der Waals surface area contributed by atoms with Crippen molar-refractivity contribution < 1.29 is 19.8 Å². The van der Waals surface area contributed by atoms with Crippen LogP contribution < -0.4 is 11.5 Å². The first-order valence-electron chi connectivity index (χ1n) is 5.85. The van der Waals surface area contributed by atoms with E-state index in [0.29, 0.717) is 19.4 Å². The molecule has 102 valence electrons. The molecule has 0 rings (SSSR count). The second-order valence-corrected chi connectivity index (χ2v) is 3.73. The van der Waals surface area contributed by atoms with Crippen LogP contribution in [0.2, 0.25) is 0 Å². The van der Waals surface area contributed by atoms with Gasteiger partial charge in [0.05, 0.1) is 0 Å². The van der Waals surface area contributed by atoms with Crippen LogP contribution in [0.3, 0.4) is 0 Å². The first-order valence-corrected chi connectivity index (χ1v) is 5.85. The summed E-state index contributed by atoms with van der Waals surface area (Å²) < 4.78 is 0. The molecule has 0 aliphatic rings. The normalized spacial score (nSPS) is 11.2. The van der Waals surface area contributed by atoms with E-state index in [1.807, 2.05) is 6.92 Å². The van der Waals surface area contributed by atoms with Crippen LogP contribution in [-0.4, -0.2) is 34.7 Å². The van der Waals surface area contributed by atoms with E-state index in [9.17, 15) is 9.59 Å². The Bertz CT molecular complexity index is 210. The van der Waals surface area contributed by atoms with Crippen molar-refractivity contribution in [3.05, 3.63) is 0 Å². The van der Waals surface area contributed by atoms with E-state index in [-0.39, 0.29) is 6.42 Å². The zero-order valence-corrected chi connectivity index (χ0v) is 10.4. The molecule has 0 aromatic rings. The smallest absolute Gasteiger partial charge is 0.320 e. The van der Waals surface area contributed by atoms with Crippen LogP contribution in [0, 0.1) is 0 Å². The number of carboxylic acids is 2. The third-order valence-corrected chi connectivity index (χ3v) is 2.03. The highest BCUT2D eigenvalue weighted by molar-refractivity contribution is 5.72. The molecule has 17 heavy (non-hydrogen) atoms. The Kier molecular flexibility index (Phi) is 13.9. The van der Waals surface area contributed by atoms with Crippen molar-refractivity contribution >= 4 is 11.9 Å². The first-order chi connectivity index (χ1) is 7.95. The quantitative estimate of drug-likeness (QED) is 0.470. The van der Waals surface area contributed by atoms with E-state index in [1.165, 1.54) is 0 Å². The topological polar surface area (TPSA) is 127 Å². The molecule has 0 heterocycles. The monoisotopic (exact) mass is 248 g/mol. The third kappa shape index (κ3) is 17.5. The summed E-state index contributed by atoms with van der Waals surface area (Å²) >= 11 is 0. The fraction of sp³-hybridized carbons (Fsp3) is 0.818. The molecule has 0 aromatic heterocycles. The number of nitrogens with two attached hydrogens (primary N) is 2. The van der Waals surface area contributed by atoms with Crippen LogP contribution in [0.15, 0.2) is 0 Å². The van der Waals surface area contributed by atoms with E-state index in [2.05, 4.69) is 0 Å². The summed E-state index contributed by atoms with van der Waals surface area (Å²) in [6, 6.07) is -0.662. The molecular formula is C11H24N2O4. The average Bonchev–Trinajstić information content (AvgIpc) is 2.26. The number of hydrogen-bond donors (Lipinski definition) is 4. The summed E-state index contributed by atoms with van der Waals surface area (Å²) in [5.74, 6) is -1.64. The van der Waals surface area contributed by atoms with Crippen LogP contribution in [0.4, 0.5) is 0 Å². The highest BCUT2D eigenvalue weighted by Crippen LogP contribution is 1.97. The van der Waals surface area contributed by atoms with Crippen molar-refractivity contribution in [2.75, 3.05) is 6.54 Å². The molecule has 0 saturated carbocycles. The molecule has 6 N–H and O–H groups in total. The number of aliphatic carboxylic acids is 2. The molecule has 1 atom stereocenters. The van der Waals surface area contributed by atoms with Gasteiger partial charge in [0.15, 0.2) is 0 Å². The minimum absolute atomic E-state index is 0.247. The van der Waals surface area contributed by atoms with Gasteiger partial charge in [0.25, 0.3) is 0 Å². The van der Waals surface area contributed by atoms with E-state index >= 15 is 0 Å². The summed E-state index contributed by atoms with van der Waals surface area (Å²) in [5.41, 5.74) is 10.3. The summed E-state index contributed by atoms with van der Waals surface area (Å²) in [5, 5.41) is 16.4. The maximum atomic E-state index is 10.1. The minimum atomic E-state index is -0.900. The molecule has 1 unspecified atom stereocenters. The second-order valence-electron chi connectivity index (χ2n) is 3.73. The number of carbonyl (C=O) groups is 2. The molecule has 0 fully saturated rings. The standard InChI is InChI=1S/C6H13NO2.C5H11NO2/c1-2-3-4-5(7)6(8)9;6-4-2-1-3-5(7)8/h5H,2-4,7H2,1H3,(H,8,9);1-4,6H2,(H,7,8). The third-order valence-electron chi connectivity index (χ3n) is 2.03. The van der Waals surface area contributed by atoms with Crippen LogP contribution in [0.1, 0.15) is 45.4 Å². The zero-order valence-electron chi connectivity index (χ0n) is 10.4. The molecule has 0 aliphatic carbocycles. The lowest BCUT2D eigenvalue weighted by atomic mass is 10.1. The summed E-state index contributed by atoms with van der Waals surface area (Å²) in [6.07, 6.45) is 4.25. The molecule has 6 heteroatoms. The molecule has 0 spiro atoms. The highest BCUT2D eigenvalue weighted by atomic mass is 16.4. The van der Waals surface area contributed by atoms with Crippen molar-refractivity contribution in [1.29, 1.82) is 0 Å². The largest absolute Gasteiger partial charge is 0.481 e. The summed E-state index contributed by atoms with van der Waals surface area (Å²) in [6.45, 7) is 2.60. The van der Waals surface area contributed by atoms with Gasteiger partial charge in [-0.05, 0) is 25.8 Å². The Morgan fingerprint density at radius 3 is 2.12 bits per heavy atom. The van der Waals surface area contributed by atoms with E-state index in [0.717, 1.165) is 19.3 Å². The van der Waals surface area contributed by atoms with Gasteiger partial charge in [-0.2, -0.15) is 0 Å². The number of rotatable bonds is 8. The van der Waals surface area contributed by atoms with Gasteiger partial charge >= 0.3 is 11.9 Å². The number of hydrogen-bond acceptors (Lipinski definition) is 4. The fourth-order valence-corrected chi connectivity index (χ4v) is 0.968. The fourth-order valence-electron chi connectivity index (χ4n) is 0.968. The molecule has 0 amide bonds. The van der Waals surface area contributed by atoms with Crippen molar-refractivity contribution in [2.24, 2.45) is 11.5 Å². The van der Waals surface area contributed by atoms with Crippen molar-refractivity contribution in [2.45, 2.75) is 51.5 Å². The Hall–Kier alpha value is -1.14. The Labute approximate surface area is 102 Å². The Morgan fingerprint density at radius 1 is 1.18 bits per heavy atom. The Balaban J connectivity index is 0. The minimum Gasteiger partial charge on any atom is -0.481 e. The molecular weight excluding hydrogens is 224 g/mol. The molecule has 6 nitrogen and oxygen atoms in total. The molecule has 0 saturated heterocycles. The van der Waals surface area contributed by atoms with Crippen LogP contribution in [-0.2, 0) is 9.59 Å². The predicted octanol–water partition coefficient (Wildman–Crippen LogP) is 0.789. The summed E-state index contributed by atoms with van der Waals surface area (Å²) in [4.78, 5) is 19.9. The van der Waals surface area contributed by atoms with Gasteiger partial charge in [-0.25, -0.2) is 0 Å². The predicted molar refractivity (Wildman–Crippen MR) is 65.7 cm³/mol. The van der Waals surface area contributed by atoms with Gasteiger partial charge in [0.1, 0.15) is 6.04 Å². The molecule has 0 bridgehead atoms. The van der Waals surface area contributed by atoms with Gasteiger partial charge < -0.3 is 21.7 Å². The Morgan fingerprint density at radius 2 is 1.76 bits per heavy atom. The lowest BCUT2D eigenvalue weighted by molar-refractivity contribution is -0.139. The zero-order chi connectivity index (χ0) is 13.7. The lowest BCUT2D eigenvalue weighted by Crippen LogP contribution is -2.29. The van der Waals surface area contributed by atoms with Gasteiger partial charge in [-0.3, -0.25) is 9.59 Å². The van der Waals surface area contributed by atoms with Crippen LogP contribution in [0.5, 0.6) is 0 Å². The van der Waals surface area contributed by atoms with Gasteiger partial charge in [0, 0.05) is 6.42 Å². The maximum absolute atomic E-state index is 10.1. The van der Waals surface area contributed by atoms with Gasteiger partial charge in [0.2, 0.25) is 0 Å². The molecule has 0 radical (unpaired) electrons. The van der Waals surface area contributed by atoms with Crippen molar-refractivity contribution in [3.8, 4) is 0 Å². The molecule has 0 aliphatic heterocycles. The van der Waals surface area contributed by atoms with Gasteiger partial charge in [-0.1, -0.05) is 19.8 Å². The van der Waals surface area contributed by atoms with Crippen molar-refractivity contribution in [3.63, 3.8) is 0 Å². The van der Waals surface area contributed by atoms with E-state index < -0.39 is 18.0 Å². The highest BCUT2D eigenvalue weighted by Gasteiger charge is 2.08. The number of unbranched alkanes of at least 4 members (excludes halogenated alkanes) is 2. The molecule has 0 aromatic carbocycles. The van der Waals surface area contributed by atoms with E-state index in [4.69, 9.17) is 21.7 Å². The maximum Gasteiger partial charge on any atom is 0.320 e. The summed E-state index contributed by atoms with van der Waals surface area (Å²) in [7, 11) is 0. The number of carboxylic acid groups (broad SMARTS) is 2. The van der Waals surface area contributed by atoms with E-state index in [1.54, 1.807) is 0 Å². The second kappa shape index (κ2) is 12.9. The average molecular weight is 248 g/mol. The van der Waals surface area contributed by atoms with Crippen molar-refractivity contribution in [1.82, 2.24) is 0 Å². The van der Waals surface area contributed by atoms with Crippen LogP contribution in [0.25, 0.3) is 0 Å². The van der Waals surface area contributed by atoms with Gasteiger partial charge in [-0.15, -0.1) is 0 Å². The van der Waals surface area contributed by atoms with Crippen LogP contribution >= 0.6 is 0 Å². The SMILES string of the molecule is CCCCC(N)C(=O)O.NCCCCC(=O)O.